The number of aryl methyl sites for hydroxylation is 1. The van der Waals surface area contributed by atoms with Crippen molar-refractivity contribution in [1.82, 2.24) is 0 Å². The van der Waals surface area contributed by atoms with Crippen LogP contribution in [0.5, 0.6) is 0 Å². The van der Waals surface area contributed by atoms with Gasteiger partial charge in [-0.15, -0.1) is 0 Å². The highest BCUT2D eigenvalue weighted by Gasteiger charge is 2.27. The summed E-state index contributed by atoms with van der Waals surface area (Å²) in [5.74, 6) is -0.506. The van der Waals surface area contributed by atoms with Crippen molar-refractivity contribution in [2.24, 2.45) is 5.41 Å². The van der Waals surface area contributed by atoms with Crippen molar-refractivity contribution in [2.45, 2.75) is 40.7 Å². The Balaban J connectivity index is 2.62. The van der Waals surface area contributed by atoms with Gasteiger partial charge in [0.15, 0.2) is 18.1 Å². The third-order valence-electron chi connectivity index (χ3n) is 2.61. The monoisotopic (exact) mass is 228 g/mol. The highest BCUT2D eigenvalue weighted by Crippen LogP contribution is 2.22. The number of esters is 1. The highest BCUT2D eigenvalue weighted by atomic mass is 16.6. The molecule has 0 unspecified atom stereocenters. The molecule has 0 amide bonds. The van der Waals surface area contributed by atoms with Crippen molar-refractivity contribution in [3.63, 3.8) is 0 Å². The SMILES string of the molecule is CCC(C)(C)C(=O)OCc1oc(=O)oc1C. The van der Waals surface area contributed by atoms with Gasteiger partial charge in [-0.3, -0.25) is 4.79 Å². The van der Waals surface area contributed by atoms with Gasteiger partial charge in [0.25, 0.3) is 0 Å². The van der Waals surface area contributed by atoms with Crippen molar-refractivity contribution in [3.8, 4) is 0 Å². The lowest BCUT2D eigenvalue weighted by Gasteiger charge is -2.19. The summed E-state index contributed by atoms with van der Waals surface area (Å²) < 4.78 is 14.4. The van der Waals surface area contributed by atoms with Gasteiger partial charge in [-0.2, -0.15) is 0 Å². The van der Waals surface area contributed by atoms with E-state index in [0.717, 1.165) is 0 Å². The fraction of sp³-hybridized carbons (Fsp3) is 0.636. The number of rotatable bonds is 4. The fourth-order valence-corrected chi connectivity index (χ4v) is 0.977. The molecule has 5 heteroatoms. The van der Waals surface area contributed by atoms with Gasteiger partial charge in [-0.1, -0.05) is 6.92 Å². The van der Waals surface area contributed by atoms with E-state index in [2.05, 4.69) is 4.42 Å². The second-order valence-corrected chi connectivity index (χ2v) is 4.25. The van der Waals surface area contributed by atoms with Crippen LogP contribution in [0.4, 0.5) is 0 Å². The Morgan fingerprint density at radius 3 is 2.44 bits per heavy atom. The molecule has 0 saturated carbocycles. The molecule has 0 aliphatic heterocycles. The number of carbonyl (C=O) groups is 1. The van der Waals surface area contributed by atoms with Gasteiger partial charge in [-0.05, 0) is 27.2 Å². The highest BCUT2D eigenvalue weighted by molar-refractivity contribution is 5.75. The van der Waals surface area contributed by atoms with Crippen molar-refractivity contribution < 1.29 is 18.4 Å². The molecule has 5 nitrogen and oxygen atoms in total. The molecule has 0 N–H and O–H groups in total. The lowest BCUT2D eigenvalue weighted by Crippen LogP contribution is -2.25. The molecule has 1 heterocycles. The number of carbonyl (C=O) groups excluding carboxylic acids is 1. The predicted octanol–water partition coefficient (Wildman–Crippen LogP) is 2.02. The minimum Gasteiger partial charge on any atom is -0.457 e. The van der Waals surface area contributed by atoms with Crippen LogP contribution in [0.1, 0.15) is 38.7 Å². The first kappa shape index (κ1) is 12.5. The minimum atomic E-state index is -0.779. The Kier molecular flexibility index (Phi) is 3.57. The Morgan fingerprint density at radius 2 is 2.00 bits per heavy atom. The van der Waals surface area contributed by atoms with E-state index >= 15 is 0 Å². The standard InChI is InChI=1S/C11H16O5/c1-5-11(3,4)9(12)14-6-8-7(2)15-10(13)16-8/h5-6H2,1-4H3. The molecule has 0 spiro atoms. The molecule has 90 valence electrons. The molecule has 0 aliphatic rings. The molecule has 16 heavy (non-hydrogen) atoms. The van der Waals surface area contributed by atoms with Crippen LogP contribution in [-0.4, -0.2) is 5.97 Å². The lowest BCUT2D eigenvalue weighted by atomic mass is 9.91. The normalized spacial score (nSPS) is 11.5. The van der Waals surface area contributed by atoms with Crippen LogP contribution < -0.4 is 5.82 Å². The molecule has 1 rings (SSSR count). The molecule has 0 bridgehead atoms. The van der Waals surface area contributed by atoms with E-state index in [9.17, 15) is 9.59 Å². The van der Waals surface area contributed by atoms with Crippen molar-refractivity contribution in [2.75, 3.05) is 0 Å². The molecule has 0 saturated heterocycles. The largest absolute Gasteiger partial charge is 0.519 e. The predicted molar refractivity (Wildman–Crippen MR) is 55.8 cm³/mol. The maximum Gasteiger partial charge on any atom is 0.519 e. The van der Waals surface area contributed by atoms with Gasteiger partial charge in [0.2, 0.25) is 0 Å². The van der Waals surface area contributed by atoms with E-state index in [0.29, 0.717) is 12.2 Å². The first-order chi connectivity index (χ1) is 7.36. The molecular formula is C11H16O5. The zero-order valence-corrected chi connectivity index (χ0v) is 9.96. The first-order valence-corrected chi connectivity index (χ1v) is 5.13. The second kappa shape index (κ2) is 4.55. The molecule has 0 radical (unpaired) electrons. The molecule has 1 aromatic heterocycles. The third-order valence-corrected chi connectivity index (χ3v) is 2.61. The van der Waals surface area contributed by atoms with Gasteiger partial charge in [0.1, 0.15) is 0 Å². The summed E-state index contributed by atoms with van der Waals surface area (Å²) in [7, 11) is 0. The van der Waals surface area contributed by atoms with E-state index < -0.39 is 11.2 Å². The van der Waals surface area contributed by atoms with Crippen LogP contribution in [0.15, 0.2) is 13.6 Å². The summed E-state index contributed by atoms with van der Waals surface area (Å²) in [6.07, 6.45) is 0.681. The minimum absolute atomic E-state index is 0.0696. The summed E-state index contributed by atoms with van der Waals surface area (Å²) >= 11 is 0. The van der Waals surface area contributed by atoms with Crippen LogP contribution in [0.3, 0.4) is 0 Å². The maximum atomic E-state index is 11.6. The molecule has 0 atom stereocenters. The average Bonchev–Trinajstić information content (AvgIpc) is 2.53. The summed E-state index contributed by atoms with van der Waals surface area (Å²) in [5, 5.41) is 0. The van der Waals surface area contributed by atoms with Crippen LogP contribution in [0, 0.1) is 12.3 Å². The van der Waals surface area contributed by atoms with E-state index in [4.69, 9.17) is 9.15 Å². The van der Waals surface area contributed by atoms with Gasteiger partial charge in [-0.25, -0.2) is 4.79 Å². The summed E-state index contributed by atoms with van der Waals surface area (Å²) in [6.45, 7) is 7.02. The van der Waals surface area contributed by atoms with E-state index in [1.165, 1.54) is 0 Å². The molecular weight excluding hydrogens is 212 g/mol. The van der Waals surface area contributed by atoms with Gasteiger partial charge in [0.05, 0.1) is 5.41 Å². The first-order valence-electron chi connectivity index (χ1n) is 5.13. The van der Waals surface area contributed by atoms with Crippen LogP contribution >= 0.6 is 0 Å². The zero-order chi connectivity index (χ0) is 12.3. The smallest absolute Gasteiger partial charge is 0.457 e. The van der Waals surface area contributed by atoms with Crippen molar-refractivity contribution in [1.29, 1.82) is 0 Å². The molecule has 0 aliphatic carbocycles. The Bertz CT molecular complexity index is 424. The van der Waals surface area contributed by atoms with Crippen LogP contribution in [-0.2, 0) is 16.1 Å². The maximum absolute atomic E-state index is 11.6. The Morgan fingerprint density at radius 1 is 1.38 bits per heavy atom. The fourth-order valence-electron chi connectivity index (χ4n) is 0.977. The van der Waals surface area contributed by atoms with Gasteiger partial charge >= 0.3 is 11.8 Å². The van der Waals surface area contributed by atoms with Crippen molar-refractivity contribution >= 4 is 5.97 Å². The van der Waals surface area contributed by atoms with Gasteiger partial charge in [0, 0.05) is 0 Å². The number of hydrogen-bond donors (Lipinski definition) is 0. The van der Waals surface area contributed by atoms with Gasteiger partial charge < -0.3 is 13.6 Å². The second-order valence-electron chi connectivity index (χ2n) is 4.25. The molecule has 1 aromatic rings. The zero-order valence-electron chi connectivity index (χ0n) is 9.96. The number of ether oxygens (including phenoxy) is 1. The Hall–Kier alpha value is -1.52. The number of hydrogen-bond acceptors (Lipinski definition) is 5. The molecule has 0 aromatic carbocycles. The van der Waals surface area contributed by atoms with E-state index in [1.54, 1.807) is 20.8 Å². The van der Waals surface area contributed by atoms with E-state index in [-0.39, 0.29) is 18.3 Å². The summed E-state index contributed by atoms with van der Waals surface area (Å²) in [6, 6.07) is 0. The lowest BCUT2D eigenvalue weighted by molar-refractivity contribution is -0.156. The Labute approximate surface area is 93.4 Å². The average molecular weight is 228 g/mol. The third kappa shape index (κ3) is 2.74. The summed E-state index contributed by atoms with van der Waals surface area (Å²) in [4.78, 5) is 22.3. The van der Waals surface area contributed by atoms with E-state index in [1.807, 2.05) is 6.92 Å². The van der Waals surface area contributed by atoms with Crippen molar-refractivity contribution in [3.05, 3.63) is 22.1 Å². The van der Waals surface area contributed by atoms with Crippen LogP contribution in [0.25, 0.3) is 0 Å². The summed E-state index contributed by atoms with van der Waals surface area (Å²) in [5.41, 5.74) is -0.530. The molecule has 0 fully saturated rings. The quantitative estimate of drug-likeness (QED) is 0.737. The van der Waals surface area contributed by atoms with Crippen LogP contribution in [0.2, 0.25) is 0 Å². The topological polar surface area (TPSA) is 69.7 Å².